The molecule has 1 aromatic heterocycles. The van der Waals surface area contributed by atoms with Crippen LogP contribution in [0, 0.1) is 0 Å². The van der Waals surface area contributed by atoms with Gasteiger partial charge in [-0.15, -0.1) is 0 Å². The number of piperazine rings is 1. The number of ether oxygens (including phenoxy) is 1. The molecule has 0 unspecified atom stereocenters. The molecule has 1 fully saturated rings. The van der Waals surface area contributed by atoms with E-state index in [1.165, 1.54) is 4.57 Å². The lowest BCUT2D eigenvalue weighted by Crippen LogP contribution is -2.50. The first-order valence-electron chi connectivity index (χ1n) is 14.1. The lowest BCUT2D eigenvalue weighted by Gasteiger charge is -2.36. The summed E-state index contributed by atoms with van der Waals surface area (Å²) in [6.07, 6.45) is 0.430. The van der Waals surface area contributed by atoms with Crippen molar-refractivity contribution < 1.29 is 14.3 Å². The second-order valence-electron chi connectivity index (χ2n) is 10.2. The van der Waals surface area contributed by atoms with E-state index in [1.54, 1.807) is 36.3 Å². The van der Waals surface area contributed by atoms with Crippen molar-refractivity contribution >= 4 is 28.4 Å². The van der Waals surface area contributed by atoms with Crippen LogP contribution in [0.25, 0.3) is 10.9 Å². The van der Waals surface area contributed by atoms with E-state index in [4.69, 9.17) is 4.74 Å². The van der Waals surface area contributed by atoms with Gasteiger partial charge in [0.25, 0.3) is 5.56 Å². The molecule has 42 heavy (non-hydrogen) atoms. The van der Waals surface area contributed by atoms with Crippen LogP contribution in [0.5, 0.6) is 5.75 Å². The van der Waals surface area contributed by atoms with E-state index in [0.29, 0.717) is 55.8 Å². The van der Waals surface area contributed by atoms with Gasteiger partial charge in [0.1, 0.15) is 12.3 Å². The molecule has 1 aliphatic heterocycles. The zero-order valence-corrected chi connectivity index (χ0v) is 23.7. The first-order chi connectivity index (χ1) is 20.5. The van der Waals surface area contributed by atoms with Gasteiger partial charge >= 0.3 is 5.69 Å². The third-order valence-corrected chi connectivity index (χ3v) is 7.63. The number of nitrogens with zero attached hydrogens (tertiary/aromatic N) is 4. The Morgan fingerprint density at radius 3 is 2.29 bits per heavy atom. The van der Waals surface area contributed by atoms with Gasteiger partial charge in [0.2, 0.25) is 11.8 Å². The average molecular weight is 570 g/mol. The molecular formula is C32H35N5O5. The molecule has 0 bridgehead atoms. The molecule has 2 amide bonds. The smallest absolute Gasteiger partial charge is 0.331 e. The average Bonchev–Trinajstić information content (AvgIpc) is 3.04. The Kier molecular flexibility index (Phi) is 9.01. The van der Waals surface area contributed by atoms with E-state index in [1.807, 2.05) is 42.5 Å². The molecule has 0 spiro atoms. The number of methoxy groups -OCH3 is 1. The van der Waals surface area contributed by atoms with Gasteiger partial charge in [-0.1, -0.05) is 48.5 Å². The van der Waals surface area contributed by atoms with E-state index in [2.05, 4.69) is 22.3 Å². The van der Waals surface area contributed by atoms with Crippen molar-refractivity contribution in [3.05, 3.63) is 105 Å². The monoisotopic (exact) mass is 569 g/mol. The minimum Gasteiger partial charge on any atom is -0.496 e. The first-order valence-corrected chi connectivity index (χ1v) is 14.1. The summed E-state index contributed by atoms with van der Waals surface area (Å²) in [7, 11) is 1.58. The Morgan fingerprint density at radius 1 is 0.833 bits per heavy atom. The fraction of sp³-hybridized carbons (Fsp3) is 0.312. The Hall–Kier alpha value is -4.86. The minimum atomic E-state index is -0.551. The maximum absolute atomic E-state index is 13.5. The van der Waals surface area contributed by atoms with Crippen LogP contribution in [0.4, 0.5) is 5.69 Å². The van der Waals surface area contributed by atoms with Crippen LogP contribution in [0.1, 0.15) is 18.4 Å². The second kappa shape index (κ2) is 13.2. The number of benzene rings is 3. The Bertz CT molecular complexity index is 1670. The quantitative estimate of drug-likeness (QED) is 0.315. The number of aromatic nitrogens is 2. The molecule has 4 aromatic rings. The highest BCUT2D eigenvalue weighted by Gasteiger charge is 2.23. The number of para-hydroxylation sites is 3. The minimum absolute atomic E-state index is 0.0640. The predicted octanol–water partition coefficient (Wildman–Crippen LogP) is 2.62. The maximum atomic E-state index is 13.5. The van der Waals surface area contributed by atoms with Crippen molar-refractivity contribution in [2.75, 3.05) is 38.2 Å². The van der Waals surface area contributed by atoms with E-state index >= 15 is 0 Å². The van der Waals surface area contributed by atoms with Crippen molar-refractivity contribution in [3.8, 4) is 5.75 Å². The fourth-order valence-corrected chi connectivity index (χ4v) is 5.34. The van der Waals surface area contributed by atoms with Gasteiger partial charge in [-0.25, -0.2) is 4.79 Å². The lowest BCUT2D eigenvalue weighted by molar-refractivity contribution is -0.132. The Labute approximate surface area is 243 Å². The number of anilines is 1. The summed E-state index contributed by atoms with van der Waals surface area (Å²) in [6.45, 7) is 2.70. The number of fused-ring (bicyclic) bond motifs is 1. The fourth-order valence-electron chi connectivity index (χ4n) is 5.34. The van der Waals surface area contributed by atoms with Crippen LogP contribution < -0.4 is 26.2 Å². The van der Waals surface area contributed by atoms with Gasteiger partial charge < -0.3 is 19.9 Å². The lowest BCUT2D eigenvalue weighted by atomic mass is 10.2. The first kappa shape index (κ1) is 28.7. The van der Waals surface area contributed by atoms with Crippen LogP contribution >= 0.6 is 0 Å². The van der Waals surface area contributed by atoms with E-state index < -0.39 is 11.2 Å². The Morgan fingerprint density at radius 2 is 1.52 bits per heavy atom. The predicted molar refractivity (Wildman–Crippen MR) is 162 cm³/mol. The number of hydrogen-bond donors (Lipinski definition) is 1. The topological polar surface area (TPSA) is 106 Å². The maximum Gasteiger partial charge on any atom is 0.331 e. The largest absolute Gasteiger partial charge is 0.496 e. The van der Waals surface area contributed by atoms with Gasteiger partial charge in [-0.3, -0.25) is 23.5 Å². The molecule has 0 saturated carbocycles. The number of carbonyl (C=O) groups excluding carboxylic acids is 2. The second-order valence-corrected chi connectivity index (χ2v) is 10.2. The number of rotatable bonds is 10. The molecule has 218 valence electrons. The molecule has 1 saturated heterocycles. The highest BCUT2D eigenvalue weighted by atomic mass is 16.5. The molecule has 10 nitrogen and oxygen atoms in total. The highest BCUT2D eigenvalue weighted by molar-refractivity contribution is 5.82. The molecule has 0 atom stereocenters. The molecule has 3 aromatic carbocycles. The normalized spacial score (nSPS) is 13.3. The number of carbonyl (C=O) groups is 2. The zero-order valence-electron chi connectivity index (χ0n) is 23.7. The summed E-state index contributed by atoms with van der Waals surface area (Å²) < 4.78 is 7.84. The standard InChI is InChI=1S/C32H35N5O5/c1-42-28-15-8-5-10-24(28)22-33-29(38)16-9-17-36-31(40)26-13-6-7-14-27(26)37(32(36)41)23-30(39)35-20-18-34(19-21-35)25-11-3-2-4-12-25/h2-8,10-15H,9,16-23H2,1H3,(H,33,38). The summed E-state index contributed by atoms with van der Waals surface area (Å²) in [6, 6.07) is 24.3. The van der Waals surface area contributed by atoms with Gasteiger partial charge in [0, 0.05) is 56.9 Å². The molecule has 1 N–H and O–H groups in total. The number of amides is 2. The van der Waals surface area contributed by atoms with Crippen molar-refractivity contribution in [3.63, 3.8) is 0 Å². The van der Waals surface area contributed by atoms with Crippen LogP contribution in [0.2, 0.25) is 0 Å². The SMILES string of the molecule is COc1ccccc1CNC(=O)CCCn1c(=O)c2ccccc2n(CC(=O)N2CCN(c3ccccc3)CC2)c1=O. The molecule has 5 rings (SSSR count). The number of nitrogens with one attached hydrogen (secondary N) is 1. The third kappa shape index (κ3) is 6.38. The molecule has 1 aliphatic rings. The van der Waals surface area contributed by atoms with Gasteiger partial charge in [-0.2, -0.15) is 0 Å². The molecule has 0 aliphatic carbocycles. The number of hydrogen-bond acceptors (Lipinski definition) is 6. The summed E-state index contributed by atoms with van der Waals surface area (Å²) in [5.41, 5.74) is 1.42. The summed E-state index contributed by atoms with van der Waals surface area (Å²) >= 11 is 0. The molecule has 2 heterocycles. The summed E-state index contributed by atoms with van der Waals surface area (Å²) in [4.78, 5) is 56.7. The van der Waals surface area contributed by atoms with Gasteiger partial charge in [0.15, 0.2) is 0 Å². The van der Waals surface area contributed by atoms with Crippen molar-refractivity contribution in [1.29, 1.82) is 0 Å². The molecule has 0 radical (unpaired) electrons. The summed E-state index contributed by atoms with van der Waals surface area (Å²) in [5.74, 6) is 0.324. The Balaban J connectivity index is 1.25. The van der Waals surface area contributed by atoms with Crippen molar-refractivity contribution in [2.45, 2.75) is 32.5 Å². The van der Waals surface area contributed by atoms with Crippen molar-refractivity contribution in [1.82, 2.24) is 19.4 Å². The van der Waals surface area contributed by atoms with Crippen LogP contribution in [-0.2, 0) is 29.2 Å². The third-order valence-electron chi connectivity index (χ3n) is 7.63. The van der Waals surface area contributed by atoms with Crippen LogP contribution in [0.15, 0.2) is 88.5 Å². The van der Waals surface area contributed by atoms with Crippen LogP contribution in [0.3, 0.4) is 0 Å². The summed E-state index contributed by atoms with van der Waals surface area (Å²) in [5, 5.41) is 3.22. The molecule has 10 heteroatoms. The van der Waals surface area contributed by atoms with Crippen LogP contribution in [-0.4, -0.2) is 59.1 Å². The van der Waals surface area contributed by atoms with E-state index in [-0.39, 0.29) is 31.3 Å². The van der Waals surface area contributed by atoms with E-state index in [9.17, 15) is 19.2 Å². The zero-order chi connectivity index (χ0) is 29.5. The highest BCUT2D eigenvalue weighted by Crippen LogP contribution is 2.17. The van der Waals surface area contributed by atoms with Gasteiger partial charge in [-0.05, 0) is 36.8 Å². The van der Waals surface area contributed by atoms with E-state index in [0.717, 1.165) is 15.8 Å². The van der Waals surface area contributed by atoms with Crippen molar-refractivity contribution in [2.24, 2.45) is 0 Å². The van der Waals surface area contributed by atoms with Gasteiger partial charge in [0.05, 0.1) is 18.0 Å². The molecular weight excluding hydrogens is 534 g/mol.